The molecule has 0 aliphatic heterocycles. The number of nitrogens with zero attached hydrogens (tertiary/aromatic N) is 1. The number of hydrogen-bond donors (Lipinski definition) is 0. The van der Waals surface area contributed by atoms with E-state index in [0.717, 1.165) is 12.2 Å². The van der Waals surface area contributed by atoms with Crippen molar-refractivity contribution in [3.63, 3.8) is 0 Å². The number of aryl methyl sites for hydroxylation is 1. The molecule has 2 heteroatoms. The zero-order valence-electron chi connectivity index (χ0n) is 7.79. The minimum Gasteiger partial charge on any atom is -0.198 e. The van der Waals surface area contributed by atoms with Gasteiger partial charge in [0.25, 0.3) is 0 Å². The predicted molar refractivity (Wildman–Crippen MR) is 56.8 cm³/mol. The van der Waals surface area contributed by atoms with Gasteiger partial charge in [-0.05, 0) is 31.2 Å². The highest BCUT2D eigenvalue weighted by Crippen LogP contribution is 2.19. The first kappa shape index (κ1) is 10.1. The Morgan fingerprint density at radius 2 is 2.00 bits per heavy atom. The molecule has 0 saturated carbocycles. The Labute approximate surface area is 83.8 Å². The average molecular weight is 191 g/mol. The quantitative estimate of drug-likeness (QED) is 0.538. The zero-order chi connectivity index (χ0) is 9.52. The van der Waals surface area contributed by atoms with Gasteiger partial charge in [0.2, 0.25) is 0 Å². The van der Waals surface area contributed by atoms with Gasteiger partial charge in [-0.25, -0.2) is 0 Å². The molecule has 0 bridgehead atoms. The van der Waals surface area contributed by atoms with E-state index in [4.69, 9.17) is 5.26 Å². The molecule has 1 nitrogen and oxygen atoms in total. The lowest BCUT2D eigenvalue weighted by Crippen LogP contribution is -1.79. The van der Waals surface area contributed by atoms with Gasteiger partial charge in [0, 0.05) is 11.3 Å². The average Bonchev–Trinajstić information content (AvgIpc) is 2.15. The molecular weight excluding hydrogens is 178 g/mol. The van der Waals surface area contributed by atoms with Crippen LogP contribution in [0.5, 0.6) is 0 Å². The van der Waals surface area contributed by atoms with Crippen molar-refractivity contribution in [3.8, 4) is 6.07 Å². The Balaban J connectivity index is 2.30. The van der Waals surface area contributed by atoms with Crippen LogP contribution in [0.15, 0.2) is 29.2 Å². The predicted octanol–water partition coefficient (Wildman–Crippen LogP) is 3.39. The van der Waals surface area contributed by atoms with Gasteiger partial charge in [0.05, 0.1) is 6.07 Å². The molecule has 0 spiro atoms. The third-order valence-corrected chi connectivity index (χ3v) is 2.82. The zero-order valence-corrected chi connectivity index (χ0v) is 8.60. The SMILES string of the molecule is Cc1ccc(SCCCC#N)cc1. The Bertz CT molecular complexity index is 284. The first-order chi connectivity index (χ1) is 6.33. The van der Waals surface area contributed by atoms with E-state index in [0.29, 0.717) is 6.42 Å². The maximum Gasteiger partial charge on any atom is 0.0622 e. The van der Waals surface area contributed by atoms with Crippen molar-refractivity contribution in [1.82, 2.24) is 0 Å². The summed E-state index contributed by atoms with van der Waals surface area (Å²) in [6.07, 6.45) is 1.65. The molecule has 0 aliphatic carbocycles. The summed E-state index contributed by atoms with van der Waals surface area (Å²) in [5.74, 6) is 1.04. The van der Waals surface area contributed by atoms with Crippen molar-refractivity contribution >= 4 is 11.8 Å². The monoisotopic (exact) mass is 191 g/mol. The summed E-state index contributed by atoms with van der Waals surface area (Å²) in [6, 6.07) is 10.6. The minimum atomic E-state index is 0.666. The van der Waals surface area contributed by atoms with E-state index in [2.05, 4.69) is 37.3 Å². The van der Waals surface area contributed by atoms with Gasteiger partial charge in [-0.3, -0.25) is 0 Å². The van der Waals surface area contributed by atoms with Crippen LogP contribution >= 0.6 is 11.8 Å². The molecule has 0 amide bonds. The minimum absolute atomic E-state index is 0.666. The van der Waals surface area contributed by atoms with Crippen LogP contribution in [-0.4, -0.2) is 5.75 Å². The summed E-state index contributed by atoms with van der Waals surface area (Å²) in [5.41, 5.74) is 1.29. The van der Waals surface area contributed by atoms with E-state index >= 15 is 0 Å². The van der Waals surface area contributed by atoms with E-state index in [-0.39, 0.29) is 0 Å². The second kappa shape index (κ2) is 5.66. The molecule has 1 rings (SSSR count). The van der Waals surface area contributed by atoms with Gasteiger partial charge in [0.15, 0.2) is 0 Å². The Hall–Kier alpha value is -0.940. The Morgan fingerprint density at radius 1 is 1.31 bits per heavy atom. The fraction of sp³-hybridized carbons (Fsp3) is 0.364. The fourth-order valence-electron chi connectivity index (χ4n) is 0.976. The first-order valence-corrected chi connectivity index (χ1v) is 5.38. The molecule has 0 heterocycles. The molecule has 0 aromatic heterocycles. The third kappa shape index (κ3) is 4.00. The standard InChI is InChI=1S/C11H13NS/c1-10-4-6-11(7-5-10)13-9-3-2-8-12/h4-7H,2-3,9H2,1H3. The molecule has 0 saturated heterocycles. The van der Waals surface area contributed by atoms with E-state index in [1.54, 1.807) is 0 Å². The van der Waals surface area contributed by atoms with Gasteiger partial charge in [-0.1, -0.05) is 17.7 Å². The molecule has 0 fully saturated rings. The fourth-order valence-corrected chi connectivity index (χ4v) is 1.83. The highest BCUT2D eigenvalue weighted by atomic mass is 32.2. The van der Waals surface area contributed by atoms with Gasteiger partial charge in [0.1, 0.15) is 0 Å². The maximum absolute atomic E-state index is 8.34. The van der Waals surface area contributed by atoms with E-state index in [9.17, 15) is 0 Å². The highest BCUT2D eigenvalue weighted by Gasteiger charge is 1.92. The van der Waals surface area contributed by atoms with E-state index in [1.165, 1.54) is 10.5 Å². The van der Waals surface area contributed by atoms with Crippen LogP contribution < -0.4 is 0 Å². The number of benzene rings is 1. The topological polar surface area (TPSA) is 23.8 Å². The lowest BCUT2D eigenvalue weighted by atomic mass is 10.2. The molecule has 13 heavy (non-hydrogen) atoms. The smallest absolute Gasteiger partial charge is 0.0622 e. The summed E-state index contributed by atoms with van der Waals surface area (Å²) in [5, 5.41) is 8.34. The molecule has 1 aromatic carbocycles. The molecule has 1 aromatic rings. The largest absolute Gasteiger partial charge is 0.198 e. The number of nitriles is 1. The molecule has 0 radical (unpaired) electrons. The number of rotatable bonds is 4. The summed E-state index contributed by atoms with van der Waals surface area (Å²) < 4.78 is 0. The van der Waals surface area contributed by atoms with Crippen molar-refractivity contribution in [3.05, 3.63) is 29.8 Å². The van der Waals surface area contributed by atoms with Gasteiger partial charge < -0.3 is 0 Å². The van der Waals surface area contributed by atoms with Crippen LogP contribution in [0, 0.1) is 18.3 Å². The normalized spacial score (nSPS) is 9.54. The summed E-state index contributed by atoms with van der Waals surface area (Å²) in [4.78, 5) is 1.29. The lowest BCUT2D eigenvalue weighted by Gasteiger charge is -1.99. The van der Waals surface area contributed by atoms with Gasteiger partial charge in [-0.15, -0.1) is 11.8 Å². The number of thioether (sulfide) groups is 1. The van der Waals surface area contributed by atoms with Gasteiger partial charge >= 0.3 is 0 Å². The number of unbranched alkanes of at least 4 members (excludes halogenated alkanes) is 1. The van der Waals surface area contributed by atoms with Crippen molar-refractivity contribution in [2.24, 2.45) is 0 Å². The second-order valence-corrected chi connectivity index (χ2v) is 4.09. The number of hydrogen-bond acceptors (Lipinski definition) is 2. The van der Waals surface area contributed by atoms with Gasteiger partial charge in [-0.2, -0.15) is 5.26 Å². The van der Waals surface area contributed by atoms with Crippen molar-refractivity contribution in [2.45, 2.75) is 24.7 Å². The van der Waals surface area contributed by atoms with Crippen LogP contribution in [0.25, 0.3) is 0 Å². The van der Waals surface area contributed by atoms with Crippen LogP contribution in [0.4, 0.5) is 0 Å². The van der Waals surface area contributed by atoms with E-state index < -0.39 is 0 Å². The molecular formula is C11H13NS. The van der Waals surface area contributed by atoms with E-state index in [1.807, 2.05) is 11.8 Å². The van der Waals surface area contributed by atoms with Crippen LogP contribution in [0.1, 0.15) is 18.4 Å². The first-order valence-electron chi connectivity index (χ1n) is 4.39. The van der Waals surface area contributed by atoms with Crippen LogP contribution in [-0.2, 0) is 0 Å². The maximum atomic E-state index is 8.34. The molecule has 0 unspecified atom stereocenters. The molecule has 68 valence electrons. The second-order valence-electron chi connectivity index (χ2n) is 2.92. The summed E-state index contributed by atoms with van der Waals surface area (Å²) in [6.45, 7) is 2.09. The highest BCUT2D eigenvalue weighted by molar-refractivity contribution is 7.99. The Kier molecular flexibility index (Phi) is 4.42. The van der Waals surface area contributed by atoms with Crippen molar-refractivity contribution in [1.29, 1.82) is 5.26 Å². The lowest BCUT2D eigenvalue weighted by molar-refractivity contribution is 0.981. The Morgan fingerprint density at radius 3 is 2.62 bits per heavy atom. The summed E-state index contributed by atoms with van der Waals surface area (Å²) in [7, 11) is 0. The van der Waals surface area contributed by atoms with Crippen molar-refractivity contribution < 1.29 is 0 Å². The summed E-state index contributed by atoms with van der Waals surface area (Å²) >= 11 is 1.82. The molecule has 0 aliphatic rings. The molecule has 0 atom stereocenters. The van der Waals surface area contributed by atoms with Crippen LogP contribution in [0.2, 0.25) is 0 Å². The molecule has 0 N–H and O–H groups in total. The van der Waals surface area contributed by atoms with Crippen LogP contribution in [0.3, 0.4) is 0 Å². The third-order valence-electron chi connectivity index (χ3n) is 1.72. The van der Waals surface area contributed by atoms with Crippen molar-refractivity contribution in [2.75, 3.05) is 5.75 Å².